The van der Waals surface area contributed by atoms with E-state index in [2.05, 4.69) is 21.5 Å². The van der Waals surface area contributed by atoms with E-state index in [9.17, 15) is 4.79 Å². The highest BCUT2D eigenvalue weighted by Crippen LogP contribution is 2.21. The number of benzene rings is 1. The first-order valence-corrected chi connectivity index (χ1v) is 7.87. The van der Waals surface area contributed by atoms with Gasteiger partial charge in [-0.05, 0) is 51.0 Å². The van der Waals surface area contributed by atoms with Gasteiger partial charge >= 0.3 is 0 Å². The van der Waals surface area contributed by atoms with Crippen LogP contribution in [0.4, 0.5) is 5.82 Å². The number of rotatable bonds is 4. The lowest BCUT2D eigenvalue weighted by atomic mass is 10.1. The number of carbonyl (C=O) groups excluding carboxylic acids is 1. The van der Waals surface area contributed by atoms with Gasteiger partial charge in [0.2, 0.25) is 5.91 Å². The van der Waals surface area contributed by atoms with Crippen molar-refractivity contribution in [1.82, 2.24) is 19.3 Å². The van der Waals surface area contributed by atoms with Crippen LogP contribution < -0.4 is 5.32 Å². The van der Waals surface area contributed by atoms with Crippen LogP contribution in [0.3, 0.4) is 0 Å². The van der Waals surface area contributed by atoms with Crippen molar-refractivity contribution >= 4 is 11.7 Å². The summed E-state index contributed by atoms with van der Waals surface area (Å²) in [7, 11) is 0. The SMILES string of the molecule is Cc1cc(C)cc(-n2nc(C)cc2NC(=O)[C@H](C)n2ccnc2)c1. The lowest BCUT2D eigenvalue weighted by molar-refractivity contribution is -0.118. The molecule has 6 heteroatoms. The van der Waals surface area contributed by atoms with E-state index in [-0.39, 0.29) is 11.9 Å². The largest absolute Gasteiger partial charge is 0.325 e. The van der Waals surface area contributed by atoms with Crippen LogP contribution in [-0.4, -0.2) is 25.2 Å². The van der Waals surface area contributed by atoms with E-state index >= 15 is 0 Å². The molecule has 1 amide bonds. The molecule has 3 aromatic rings. The highest BCUT2D eigenvalue weighted by Gasteiger charge is 2.17. The van der Waals surface area contributed by atoms with Crippen molar-refractivity contribution in [2.24, 2.45) is 0 Å². The molecule has 0 aliphatic rings. The molecule has 24 heavy (non-hydrogen) atoms. The maximum Gasteiger partial charge on any atom is 0.248 e. The summed E-state index contributed by atoms with van der Waals surface area (Å²) in [4.78, 5) is 16.5. The van der Waals surface area contributed by atoms with Crippen LogP contribution in [0.1, 0.15) is 29.8 Å². The lowest BCUT2D eigenvalue weighted by Gasteiger charge is -2.15. The van der Waals surface area contributed by atoms with Gasteiger partial charge in [0.15, 0.2) is 0 Å². The molecule has 0 fully saturated rings. The van der Waals surface area contributed by atoms with Gasteiger partial charge in [-0.1, -0.05) is 6.07 Å². The second kappa shape index (κ2) is 6.31. The molecule has 1 N–H and O–H groups in total. The number of aryl methyl sites for hydroxylation is 3. The van der Waals surface area contributed by atoms with Gasteiger partial charge in [0.05, 0.1) is 17.7 Å². The van der Waals surface area contributed by atoms with Crippen LogP contribution in [-0.2, 0) is 4.79 Å². The normalized spacial score (nSPS) is 12.2. The van der Waals surface area contributed by atoms with Crippen LogP contribution in [0.5, 0.6) is 0 Å². The lowest BCUT2D eigenvalue weighted by Crippen LogP contribution is -2.24. The monoisotopic (exact) mass is 323 g/mol. The molecular formula is C18H21N5O. The zero-order chi connectivity index (χ0) is 17.3. The number of amides is 1. The molecule has 0 bridgehead atoms. The Morgan fingerprint density at radius 1 is 1.12 bits per heavy atom. The Morgan fingerprint density at radius 2 is 1.83 bits per heavy atom. The van der Waals surface area contributed by atoms with Crippen molar-refractivity contribution in [1.29, 1.82) is 0 Å². The highest BCUT2D eigenvalue weighted by atomic mass is 16.2. The number of anilines is 1. The molecular weight excluding hydrogens is 302 g/mol. The molecule has 0 saturated carbocycles. The van der Waals surface area contributed by atoms with Crippen molar-refractivity contribution in [3.63, 3.8) is 0 Å². The van der Waals surface area contributed by atoms with Crippen LogP contribution in [0.25, 0.3) is 5.69 Å². The van der Waals surface area contributed by atoms with Crippen LogP contribution in [0, 0.1) is 20.8 Å². The first-order valence-electron chi connectivity index (χ1n) is 7.87. The fourth-order valence-corrected chi connectivity index (χ4v) is 2.72. The van der Waals surface area contributed by atoms with E-state index in [1.54, 1.807) is 28.0 Å². The van der Waals surface area contributed by atoms with Gasteiger partial charge < -0.3 is 9.88 Å². The first kappa shape index (κ1) is 16.0. The van der Waals surface area contributed by atoms with E-state index in [0.717, 1.165) is 22.5 Å². The molecule has 2 heterocycles. The summed E-state index contributed by atoms with van der Waals surface area (Å²) < 4.78 is 3.54. The number of nitrogens with zero attached hydrogens (tertiary/aromatic N) is 4. The van der Waals surface area contributed by atoms with Crippen molar-refractivity contribution in [2.45, 2.75) is 33.7 Å². The predicted molar refractivity (Wildman–Crippen MR) is 93.3 cm³/mol. The Balaban J connectivity index is 1.90. The summed E-state index contributed by atoms with van der Waals surface area (Å²) in [5.41, 5.74) is 4.09. The van der Waals surface area contributed by atoms with Gasteiger partial charge in [0, 0.05) is 18.5 Å². The van der Waals surface area contributed by atoms with Crippen LogP contribution >= 0.6 is 0 Å². The first-order chi connectivity index (χ1) is 11.4. The van der Waals surface area contributed by atoms with E-state index < -0.39 is 0 Å². The summed E-state index contributed by atoms with van der Waals surface area (Å²) in [6, 6.07) is 7.73. The van der Waals surface area contributed by atoms with E-state index in [0.29, 0.717) is 5.82 Å². The minimum atomic E-state index is -0.351. The van der Waals surface area contributed by atoms with Gasteiger partial charge in [-0.3, -0.25) is 4.79 Å². The minimum Gasteiger partial charge on any atom is -0.325 e. The molecule has 2 aromatic heterocycles. The summed E-state index contributed by atoms with van der Waals surface area (Å²) in [5.74, 6) is 0.549. The Kier molecular flexibility index (Phi) is 4.20. The number of hydrogen-bond acceptors (Lipinski definition) is 3. The Labute approximate surface area is 141 Å². The summed E-state index contributed by atoms with van der Waals surface area (Å²) >= 11 is 0. The van der Waals surface area contributed by atoms with Gasteiger partial charge in [-0.2, -0.15) is 5.10 Å². The zero-order valence-corrected chi connectivity index (χ0v) is 14.3. The van der Waals surface area contributed by atoms with E-state index in [1.165, 1.54) is 0 Å². The van der Waals surface area contributed by atoms with Gasteiger partial charge in [-0.15, -0.1) is 0 Å². The number of nitrogens with one attached hydrogen (secondary N) is 1. The summed E-state index contributed by atoms with van der Waals surface area (Å²) in [6.07, 6.45) is 5.07. The third kappa shape index (κ3) is 3.22. The van der Waals surface area contributed by atoms with Gasteiger partial charge in [0.1, 0.15) is 11.9 Å². The number of aromatic nitrogens is 4. The Hall–Kier alpha value is -2.89. The zero-order valence-electron chi connectivity index (χ0n) is 14.3. The van der Waals surface area contributed by atoms with Gasteiger partial charge in [0.25, 0.3) is 0 Å². The molecule has 0 spiro atoms. The molecule has 0 radical (unpaired) electrons. The molecule has 124 valence electrons. The van der Waals surface area contributed by atoms with Crippen molar-refractivity contribution < 1.29 is 4.79 Å². The average molecular weight is 323 g/mol. The second-order valence-corrected chi connectivity index (χ2v) is 6.10. The smallest absolute Gasteiger partial charge is 0.248 e. The molecule has 3 rings (SSSR count). The van der Waals surface area contributed by atoms with Crippen LogP contribution in [0.2, 0.25) is 0 Å². The van der Waals surface area contributed by atoms with E-state index in [1.807, 2.05) is 45.9 Å². The highest BCUT2D eigenvalue weighted by molar-refractivity contribution is 5.93. The van der Waals surface area contributed by atoms with Crippen LogP contribution in [0.15, 0.2) is 43.0 Å². The molecule has 0 saturated heterocycles. The quantitative estimate of drug-likeness (QED) is 0.802. The average Bonchev–Trinajstić information content (AvgIpc) is 3.15. The molecule has 0 aliphatic carbocycles. The predicted octanol–water partition coefficient (Wildman–Crippen LogP) is 3.19. The molecule has 0 unspecified atom stereocenters. The Morgan fingerprint density at radius 3 is 2.46 bits per heavy atom. The summed E-state index contributed by atoms with van der Waals surface area (Å²) in [6.45, 7) is 7.84. The Bertz CT molecular complexity index is 843. The second-order valence-electron chi connectivity index (χ2n) is 6.10. The van der Waals surface area contributed by atoms with Gasteiger partial charge in [-0.25, -0.2) is 9.67 Å². The third-order valence-corrected chi connectivity index (χ3v) is 3.89. The minimum absolute atomic E-state index is 0.112. The topological polar surface area (TPSA) is 64.7 Å². The van der Waals surface area contributed by atoms with E-state index in [4.69, 9.17) is 0 Å². The standard InChI is InChI=1S/C18H21N5O/c1-12-7-13(2)9-16(8-12)23-17(10-14(3)21-23)20-18(24)15(4)22-6-5-19-11-22/h5-11,15H,1-4H3,(H,20,24)/t15-/m0/s1. The number of carbonyl (C=O) groups is 1. The third-order valence-electron chi connectivity index (χ3n) is 3.89. The fraction of sp³-hybridized carbons (Fsp3) is 0.278. The summed E-state index contributed by atoms with van der Waals surface area (Å²) in [5, 5.41) is 7.49. The fourth-order valence-electron chi connectivity index (χ4n) is 2.72. The molecule has 0 aliphatic heterocycles. The van der Waals surface area contributed by atoms with Crippen molar-refractivity contribution in [3.8, 4) is 5.69 Å². The molecule has 6 nitrogen and oxygen atoms in total. The maximum atomic E-state index is 12.5. The maximum absolute atomic E-state index is 12.5. The molecule has 1 atom stereocenters. The van der Waals surface area contributed by atoms with Crippen molar-refractivity contribution in [2.75, 3.05) is 5.32 Å². The molecule has 1 aromatic carbocycles. The number of imidazole rings is 1. The van der Waals surface area contributed by atoms with Crippen molar-refractivity contribution in [3.05, 3.63) is 59.8 Å². The number of hydrogen-bond donors (Lipinski definition) is 1.